The number of aryl methyl sites for hydroxylation is 1. The summed E-state index contributed by atoms with van der Waals surface area (Å²) in [5.74, 6) is 4.29. The number of nitrogens with zero attached hydrogens (tertiary/aromatic N) is 4. The zero-order valence-corrected chi connectivity index (χ0v) is 16.3. The van der Waals surface area contributed by atoms with Crippen LogP contribution in [0.15, 0.2) is 23.2 Å². The van der Waals surface area contributed by atoms with E-state index < -0.39 is 0 Å². The van der Waals surface area contributed by atoms with Gasteiger partial charge in [0.2, 0.25) is 0 Å². The van der Waals surface area contributed by atoms with Crippen molar-refractivity contribution in [3.05, 3.63) is 35.4 Å². The van der Waals surface area contributed by atoms with Crippen LogP contribution in [-0.2, 0) is 25.9 Å². The minimum Gasteiger partial charge on any atom is -0.493 e. The predicted octanol–water partition coefficient (Wildman–Crippen LogP) is 1.54. The van der Waals surface area contributed by atoms with Gasteiger partial charge in [0, 0.05) is 26.6 Å². The van der Waals surface area contributed by atoms with Crippen molar-refractivity contribution in [2.75, 3.05) is 27.8 Å². The van der Waals surface area contributed by atoms with Crippen molar-refractivity contribution in [2.24, 2.45) is 4.99 Å². The van der Waals surface area contributed by atoms with Crippen LogP contribution in [0.2, 0.25) is 0 Å². The molecule has 0 spiro atoms. The number of ether oxygens (including phenoxy) is 2. The SMILES string of the molecule is CN=C(NCCc1ccc(OC)c(OC)c1)NCc1nnc2n1CCCC2. The average Bonchev–Trinajstić information content (AvgIpc) is 3.13. The fraction of sp³-hybridized carbons (Fsp3) is 0.526. The number of aliphatic imine (C=N–C) groups is 1. The van der Waals surface area contributed by atoms with Gasteiger partial charge in [0.25, 0.3) is 0 Å². The van der Waals surface area contributed by atoms with Gasteiger partial charge < -0.3 is 24.7 Å². The summed E-state index contributed by atoms with van der Waals surface area (Å²) in [7, 11) is 5.06. The van der Waals surface area contributed by atoms with Crippen molar-refractivity contribution in [1.29, 1.82) is 0 Å². The molecule has 3 rings (SSSR count). The Bertz CT molecular complexity index is 787. The number of hydrogen-bond acceptors (Lipinski definition) is 5. The van der Waals surface area contributed by atoms with Gasteiger partial charge in [-0.3, -0.25) is 4.99 Å². The molecule has 8 heteroatoms. The molecule has 0 fully saturated rings. The van der Waals surface area contributed by atoms with Gasteiger partial charge in [-0.2, -0.15) is 0 Å². The van der Waals surface area contributed by atoms with E-state index in [0.717, 1.165) is 55.0 Å². The summed E-state index contributed by atoms with van der Waals surface area (Å²) in [5.41, 5.74) is 1.17. The third-order valence-corrected chi connectivity index (χ3v) is 4.73. The minimum absolute atomic E-state index is 0.614. The first-order chi connectivity index (χ1) is 13.2. The smallest absolute Gasteiger partial charge is 0.191 e. The Balaban J connectivity index is 1.49. The van der Waals surface area contributed by atoms with E-state index in [0.29, 0.717) is 6.54 Å². The van der Waals surface area contributed by atoms with Crippen LogP contribution in [0.25, 0.3) is 0 Å². The van der Waals surface area contributed by atoms with E-state index in [4.69, 9.17) is 9.47 Å². The molecular formula is C19H28N6O2. The van der Waals surface area contributed by atoms with Crippen LogP contribution in [-0.4, -0.2) is 48.5 Å². The van der Waals surface area contributed by atoms with Crippen LogP contribution in [0.5, 0.6) is 11.5 Å². The van der Waals surface area contributed by atoms with Crippen molar-refractivity contribution in [3.63, 3.8) is 0 Å². The minimum atomic E-state index is 0.614. The second-order valence-electron chi connectivity index (χ2n) is 6.43. The number of hydrogen-bond donors (Lipinski definition) is 2. The molecule has 0 saturated heterocycles. The molecule has 0 saturated carbocycles. The molecule has 27 heavy (non-hydrogen) atoms. The van der Waals surface area contributed by atoms with Crippen LogP contribution in [0.1, 0.15) is 30.1 Å². The third kappa shape index (κ3) is 4.69. The lowest BCUT2D eigenvalue weighted by Gasteiger charge is -2.16. The lowest BCUT2D eigenvalue weighted by atomic mass is 10.1. The van der Waals surface area contributed by atoms with E-state index in [1.807, 2.05) is 18.2 Å². The Morgan fingerprint density at radius 3 is 2.78 bits per heavy atom. The molecule has 0 bridgehead atoms. The Labute approximate surface area is 160 Å². The molecule has 1 aliphatic heterocycles. The number of methoxy groups -OCH3 is 2. The molecule has 8 nitrogen and oxygen atoms in total. The first-order valence-corrected chi connectivity index (χ1v) is 9.31. The lowest BCUT2D eigenvalue weighted by Crippen LogP contribution is -2.38. The van der Waals surface area contributed by atoms with E-state index in [1.165, 1.54) is 18.4 Å². The van der Waals surface area contributed by atoms with Crippen molar-refractivity contribution < 1.29 is 9.47 Å². The van der Waals surface area contributed by atoms with E-state index in [-0.39, 0.29) is 0 Å². The molecular weight excluding hydrogens is 344 g/mol. The van der Waals surface area contributed by atoms with Gasteiger partial charge in [-0.05, 0) is 37.0 Å². The third-order valence-electron chi connectivity index (χ3n) is 4.73. The van der Waals surface area contributed by atoms with E-state index in [9.17, 15) is 0 Å². The number of rotatable bonds is 7. The van der Waals surface area contributed by atoms with E-state index >= 15 is 0 Å². The van der Waals surface area contributed by atoms with Gasteiger partial charge >= 0.3 is 0 Å². The molecule has 0 aliphatic carbocycles. The van der Waals surface area contributed by atoms with Crippen LogP contribution < -0.4 is 20.1 Å². The van der Waals surface area contributed by atoms with Crippen molar-refractivity contribution in [1.82, 2.24) is 25.4 Å². The highest BCUT2D eigenvalue weighted by atomic mass is 16.5. The largest absolute Gasteiger partial charge is 0.493 e. The molecule has 0 radical (unpaired) electrons. The molecule has 1 aromatic heterocycles. The summed E-state index contributed by atoms with van der Waals surface area (Å²) >= 11 is 0. The molecule has 0 amide bonds. The van der Waals surface area contributed by atoms with Crippen LogP contribution >= 0.6 is 0 Å². The first-order valence-electron chi connectivity index (χ1n) is 9.31. The standard InChI is InChI=1S/C19H28N6O2/c1-20-19(22-13-18-24-23-17-6-4-5-11-25(17)18)21-10-9-14-7-8-15(26-2)16(12-14)27-3/h7-8,12H,4-6,9-11,13H2,1-3H3,(H2,20,21,22). The predicted molar refractivity (Wildman–Crippen MR) is 104 cm³/mol. The summed E-state index contributed by atoms with van der Waals surface area (Å²) < 4.78 is 12.8. The van der Waals surface area contributed by atoms with Gasteiger partial charge in [-0.1, -0.05) is 6.07 Å². The molecule has 0 unspecified atom stereocenters. The Morgan fingerprint density at radius 1 is 1.15 bits per heavy atom. The monoisotopic (exact) mass is 372 g/mol. The van der Waals surface area contributed by atoms with Gasteiger partial charge in [-0.25, -0.2) is 0 Å². The maximum absolute atomic E-state index is 5.35. The topological polar surface area (TPSA) is 85.6 Å². The average molecular weight is 372 g/mol. The Morgan fingerprint density at radius 2 is 2.00 bits per heavy atom. The fourth-order valence-corrected chi connectivity index (χ4v) is 3.24. The number of aromatic nitrogens is 3. The van der Waals surface area contributed by atoms with Crippen molar-refractivity contribution in [2.45, 2.75) is 38.8 Å². The molecule has 2 aromatic rings. The maximum Gasteiger partial charge on any atom is 0.191 e. The zero-order valence-electron chi connectivity index (χ0n) is 16.3. The molecule has 1 aliphatic rings. The summed E-state index contributed by atoms with van der Waals surface area (Å²) in [5, 5.41) is 15.2. The lowest BCUT2D eigenvalue weighted by molar-refractivity contribution is 0.354. The fourth-order valence-electron chi connectivity index (χ4n) is 3.24. The van der Waals surface area contributed by atoms with Gasteiger partial charge in [0.15, 0.2) is 23.3 Å². The quantitative estimate of drug-likeness (QED) is 0.566. The number of benzene rings is 1. The number of guanidine groups is 1. The molecule has 1 aromatic carbocycles. The number of fused-ring (bicyclic) bond motifs is 1. The van der Waals surface area contributed by atoms with Gasteiger partial charge in [0.05, 0.1) is 20.8 Å². The number of nitrogens with one attached hydrogen (secondary N) is 2. The molecule has 2 N–H and O–H groups in total. The second kappa shape index (κ2) is 9.25. The van der Waals surface area contributed by atoms with Crippen LogP contribution in [0.3, 0.4) is 0 Å². The molecule has 146 valence electrons. The zero-order chi connectivity index (χ0) is 19.1. The Kier molecular flexibility index (Phi) is 6.51. The second-order valence-corrected chi connectivity index (χ2v) is 6.43. The highest BCUT2D eigenvalue weighted by Gasteiger charge is 2.15. The summed E-state index contributed by atoms with van der Waals surface area (Å²) in [6.07, 6.45) is 4.26. The van der Waals surface area contributed by atoms with E-state index in [2.05, 4.69) is 30.4 Å². The van der Waals surface area contributed by atoms with Crippen LogP contribution in [0, 0.1) is 0 Å². The summed E-state index contributed by atoms with van der Waals surface area (Å²) in [6.45, 7) is 2.38. The van der Waals surface area contributed by atoms with Crippen molar-refractivity contribution >= 4 is 5.96 Å². The highest BCUT2D eigenvalue weighted by molar-refractivity contribution is 5.79. The van der Waals surface area contributed by atoms with E-state index in [1.54, 1.807) is 21.3 Å². The van der Waals surface area contributed by atoms with Crippen molar-refractivity contribution in [3.8, 4) is 11.5 Å². The summed E-state index contributed by atoms with van der Waals surface area (Å²) in [6, 6.07) is 5.97. The first kappa shape index (κ1) is 19.0. The highest BCUT2D eigenvalue weighted by Crippen LogP contribution is 2.27. The maximum atomic E-state index is 5.35. The Hall–Kier alpha value is -2.77. The normalized spacial score (nSPS) is 13.8. The summed E-state index contributed by atoms with van der Waals surface area (Å²) in [4.78, 5) is 4.28. The van der Waals surface area contributed by atoms with Crippen LogP contribution in [0.4, 0.5) is 0 Å². The molecule has 0 atom stereocenters. The molecule has 2 heterocycles. The van der Waals surface area contributed by atoms with Gasteiger partial charge in [-0.15, -0.1) is 10.2 Å². The van der Waals surface area contributed by atoms with Gasteiger partial charge in [0.1, 0.15) is 5.82 Å².